The van der Waals surface area contributed by atoms with Crippen molar-refractivity contribution >= 4 is 22.0 Å². The fourth-order valence-corrected chi connectivity index (χ4v) is 6.03. The van der Waals surface area contributed by atoms with E-state index < -0.39 is 29.2 Å². The third-order valence-electron chi connectivity index (χ3n) is 7.62. The lowest BCUT2D eigenvalue weighted by Gasteiger charge is -2.41. The molecule has 0 radical (unpaired) electrons. The molecule has 0 saturated carbocycles. The zero-order chi connectivity index (χ0) is 31.4. The van der Waals surface area contributed by atoms with Gasteiger partial charge >= 0.3 is 11.8 Å². The number of carbonyl (C=O) groups excluding carboxylic acids is 1. The molecule has 0 N–H and O–H groups in total. The quantitative estimate of drug-likeness (QED) is 0.223. The van der Waals surface area contributed by atoms with Gasteiger partial charge in [-0.1, -0.05) is 13.3 Å². The van der Waals surface area contributed by atoms with Crippen LogP contribution in [0.15, 0.2) is 52.0 Å². The molecule has 8 nitrogen and oxygen atoms in total. The molecule has 11 heteroatoms. The number of imidazole rings is 1. The van der Waals surface area contributed by atoms with Crippen molar-refractivity contribution in [2.24, 2.45) is 0 Å². The fourth-order valence-electron chi connectivity index (χ4n) is 5.79. The lowest BCUT2D eigenvalue weighted by Crippen LogP contribution is -2.48. The Morgan fingerprint density at radius 1 is 1.07 bits per heavy atom. The van der Waals surface area contributed by atoms with Gasteiger partial charge in [0.2, 0.25) is 0 Å². The first-order chi connectivity index (χ1) is 20.2. The second-order valence-electron chi connectivity index (χ2n) is 12.2. The first-order valence-electron chi connectivity index (χ1n) is 14.4. The molecule has 1 aliphatic rings. The van der Waals surface area contributed by atoms with E-state index in [-0.39, 0.29) is 16.3 Å². The monoisotopic (exact) mass is 655 g/mol. The van der Waals surface area contributed by atoms with Crippen LogP contribution in [0, 0.1) is 25.5 Å². The fraction of sp³-hybridized carbons (Fsp3) is 0.406. The number of rotatable bonds is 5. The molecule has 0 unspecified atom stereocenters. The van der Waals surface area contributed by atoms with Gasteiger partial charge in [-0.2, -0.15) is 5.10 Å². The van der Waals surface area contributed by atoms with Gasteiger partial charge in [0.15, 0.2) is 0 Å². The van der Waals surface area contributed by atoms with Crippen molar-refractivity contribution in [3.63, 3.8) is 0 Å². The maximum Gasteiger partial charge on any atom is 0.411 e. The third-order valence-corrected chi connectivity index (χ3v) is 8.27. The number of aromatic nitrogens is 4. The van der Waals surface area contributed by atoms with Crippen LogP contribution in [0.4, 0.5) is 13.6 Å². The number of aryl methyl sites for hydroxylation is 2. The Morgan fingerprint density at radius 3 is 2.33 bits per heavy atom. The molecule has 4 aromatic rings. The van der Waals surface area contributed by atoms with E-state index in [0.29, 0.717) is 41.2 Å². The highest BCUT2D eigenvalue weighted by molar-refractivity contribution is 9.10. The summed E-state index contributed by atoms with van der Waals surface area (Å²) >= 11 is 3.16. The summed E-state index contributed by atoms with van der Waals surface area (Å²) in [6.45, 7) is 12.9. The number of carbonyl (C=O) groups is 1. The summed E-state index contributed by atoms with van der Waals surface area (Å²) in [5.74, 6) is -0.362. The van der Waals surface area contributed by atoms with Crippen molar-refractivity contribution in [3.8, 4) is 17.2 Å². The Bertz CT molecular complexity index is 1740. The van der Waals surface area contributed by atoms with E-state index in [1.165, 1.54) is 15.2 Å². The number of fused-ring (bicyclic) bond motifs is 1. The van der Waals surface area contributed by atoms with E-state index in [1.54, 1.807) is 60.1 Å². The number of hydrogen-bond donors (Lipinski definition) is 0. The van der Waals surface area contributed by atoms with Gasteiger partial charge in [0.25, 0.3) is 0 Å². The first-order valence-corrected chi connectivity index (χ1v) is 15.2. The second kappa shape index (κ2) is 11.4. The molecular weight excluding hydrogens is 620 g/mol. The Morgan fingerprint density at radius 2 is 1.72 bits per heavy atom. The molecule has 0 spiro atoms. The van der Waals surface area contributed by atoms with E-state index in [2.05, 4.69) is 15.9 Å². The molecule has 0 aliphatic carbocycles. The topological polar surface area (TPSA) is 74.3 Å². The molecule has 228 valence electrons. The number of amides is 1. The van der Waals surface area contributed by atoms with Crippen LogP contribution >= 0.6 is 15.9 Å². The van der Waals surface area contributed by atoms with Gasteiger partial charge in [-0.15, -0.1) is 0 Å². The van der Waals surface area contributed by atoms with Gasteiger partial charge in [-0.05, 0) is 105 Å². The highest BCUT2D eigenvalue weighted by Gasteiger charge is 2.42. The van der Waals surface area contributed by atoms with Crippen LogP contribution in [-0.4, -0.2) is 41.6 Å². The van der Waals surface area contributed by atoms with Crippen LogP contribution in [-0.2, 0) is 11.2 Å². The summed E-state index contributed by atoms with van der Waals surface area (Å²) in [5, 5.41) is 4.99. The molecule has 2 aromatic heterocycles. The molecule has 2 atom stereocenters. The summed E-state index contributed by atoms with van der Waals surface area (Å²) in [7, 11) is 0. The largest absolute Gasteiger partial charge is 0.444 e. The standard InChI is InChI=1S/C32H36BrF2N5O3/c1-8-9-26-27-25(16-20(4)39(26)31(42)43-32(5,6)7)36-40(22-14-18(2)28(35)19(3)15-22)29(27)38-13-12-37(30(38)41)21-10-11-23(33)24(34)17-21/h10-15,17,20,26H,8-9,16H2,1-7H3/t20-,26+/m1/s1. The van der Waals surface area contributed by atoms with Gasteiger partial charge < -0.3 is 4.74 Å². The Labute approximate surface area is 258 Å². The second-order valence-corrected chi connectivity index (χ2v) is 13.0. The molecule has 1 amide bonds. The molecule has 0 bridgehead atoms. The van der Waals surface area contributed by atoms with Crippen LogP contribution < -0.4 is 5.69 Å². The number of benzene rings is 2. The van der Waals surface area contributed by atoms with Crippen LogP contribution in [0.2, 0.25) is 0 Å². The SMILES string of the molecule is CCC[C@H]1c2c(nn(-c3cc(C)c(F)c(C)c3)c2-n2ccn(-c3ccc(Br)c(F)c3)c2=O)C[C@@H](C)N1C(=O)OC(C)(C)C. The minimum atomic E-state index is -0.696. The summed E-state index contributed by atoms with van der Waals surface area (Å²) in [6.07, 6.45) is 4.53. The zero-order valence-corrected chi connectivity index (χ0v) is 27.0. The van der Waals surface area contributed by atoms with Crippen molar-refractivity contribution in [1.82, 2.24) is 23.8 Å². The van der Waals surface area contributed by atoms with Crippen molar-refractivity contribution < 1.29 is 18.3 Å². The van der Waals surface area contributed by atoms with Gasteiger partial charge in [0, 0.05) is 30.4 Å². The summed E-state index contributed by atoms with van der Waals surface area (Å²) in [4.78, 5) is 29.4. The Hall–Kier alpha value is -3.73. The summed E-state index contributed by atoms with van der Waals surface area (Å²) < 4.78 is 39.7. The van der Waals surface area contributed by atoms with Crippen LogP contribution in [0.3, 0.4) is 0 Å². The molecule has 0 fully saturated rings. The number of nitrogens with zero attached hydrogens (tertiary/aromatic N) is 5. The van der Waals surface area contributed by atoms with Gasteiger partial charge in [0.05, 0.1) is 27.6 Å². The molecule has 3 heterocycles. The predicted molar refractivity (Wildman–Crippen MR) is 164 cm³/mol. The van der Waals surface area contributed by atoms with Crippen LogP contribution in [0.1, 0.15) is 75.9 Å². The highest BCUT2D eigenvalue weighted by Crippen LogP contribution is 2.41. The average Bonchev–Trinajstić information content (AvgIpc) is 3.47. The Balaban J connectivity index is 1.78. The molecule has 2 aromatic carbocycles. The predicted octanol–water partition coefficient (Wildman–Crippen LogP) is 7.49. The summed E-state index contributed by atoms with van der Waals surface area (Å²) in [5.41, 5.74) is 2.16. The van der Waals surface area contributed by atoms with E-state index in [9.17, 15) is 18.4 Å². The normalized spacial score (nSPS) is 16.8. The Kier molecular flexibility index (Phi) is 8.15. The maximum atomic E-state index is 14.7. The molecule has 1 aliphatic heterocycles. The van der Waals surface area contributed by atoms with Crippen LogP contribution in [0.25, 0.3) is 17.2 Å². The van der Waals surface area contributed by atoms with Crippen molar-refractivity contribution in [2.45, 2.75) is 85.4 Å². The van der Waals surface area contributed by atoms with Gasteiger partial charge in [-0.25, -0.2) is 23.1 Å². The smallest absolute Gasteiger partial charge is 0.411 e. The highest BCUT2D eigenvalue weighted by atomic mass is 79.9. The van der Waals surface area contributed by atoms with Crippen molar-refractivity contribution in [3.05, 3.63) is 91.7 Å². The first kappa shape index (κ1) is 30.7. The molecular formula is C32H36BrF2N5O3. The molecule has 5 rings (SSSR count). The van der Waals surface area contributed by atoms with E-state index in [4.69, 9.17) is 9.84 Å². The van der Waals surface area contributed by atoms with E-state index in [1.807, 2.05) is 34.6 Å². The van der Waals surface area contributed by atoms with E-state index in [0.717, 1.165) is 17.7 Å². The third kappa shape index (κ3) is 5.67. The summed E-state index contributed by atoms with van der Waals surface area (Å²) in [6, 6.07) is 7.19. The minimum absolute atomic E-state index is 0.223. The number of ether oxygens (including phenoxy) is 1. The van der Waals surface area contributed by atoms with Gasteiger partial charge in [-0.3, -0.25) is 14.0 Å². The maximum absolute atomic E-state index is 14.7. The molecule has 0 saturated heterocycles. The lowest BCUT2D eigenvalue weighted by molar-refractivity contribution is 0.00231. The average molecular weight is 657 g/mol. The van der Waals surface area contributed by atoms with Gasteiger partial charge in [0.1, 0.15) is 23.1 Å². The minimum Gasteiger partial charge on any atom is -0.444 e. The van der Waals surface area contributed by atoms with E-state index >= 15 is 0 Å². The lowest BCUT2D eigenvalue weighted by atomic mass is 9.91. The zero-order valence-electron chi connectivity index (χ0n) is 25.4. The van der Waals surface area contributed by atoms with Crippen LogP contribution in [0.5, 0.6) is 0 Å². The number of hydrogen-bond acceptors (Lipinski definition) is 4. The van der Waals surface area contributed by atoms with Crippen molar-refractivity contribution in [2.75, 3.05) is 0 Å². The van der Waals surface area contributed by atoms with Crippen molar-refractivity contribution in [1.29, 1.82) is 0 Å². The molecule has 43 heavy (non-hydrogen) atoms. The number of halogens is 3.